The smallest absolute Gasteiger partial charge is 0.333 e. The van der Waals surface area contributed by atoms with Gasteiger partial charge in [0.05, 0.1) is 0 Å². The van der Waals surface area contributed by atoms with Crippen LogP contribution in [0.4, 0.5) is 0 Å². The van der Waals surface area contributed by atoms with Gasteiger partial charge in [-0.2, -0.15) is 0 Å². The Bertz CT molecular complexity index is 172. The Morgan fingerprint density at radius 3 is 2.30 bits per heavy atom. The summed E-state index contributed by atoms with van der Waals surface area (Å²) in [5, 5.41) is 7.90. The van der Waals surface area contributed by atoms with E-state index in [4.69, 9.17) is 20.8 Å². The van der Waals surface area contributed by atoms with Crippen molar-refractivity contribution in [1.29, 1.82) is 0 Å². The van der Waals surface area contributed by atoms with Crippen molar-refractivity contribution in [1.82, 2.24) is 0 Å². The van der Waals surface area contributed by atoms with Gasteiger partial charge in [0.2, 0.25) is 0 Å². The van der Waals surface area contributed by atoms with E-state index in [0.717, 1.165) is 6.20 Å². The van der Waals surface area contributed by atoms with Crippen molar-refractivity contribution >= 4 is 7.60 Å². The average molecular weight is 169 g/mol. The third-order valence-electron chi connectivity index (χ3n) is 0.665. The second-order valence-electron chi connectivity index (χ2n) is 1.55. The maximum Gasteiger partial charge on any atom is 0.333 e. The van der Waals surface area contributed by atoms with Crippen molar-refractivity contribution in [2.75, 3.05) is 6.16 Å². The van der Waals surface area contributed by atoms with Crippen LogP contribution in [0.15, 0.2) is 12.0 Å². The lowest BCUT2D eigenvalue weighted by Gasteiger charge is -2.03. The number of rotatable bonds is 3. The third-order valence-corrected chi connectivity index (χ3v) is 1.39. The molecule has 0 fully saturated rings. The van der Waals surface area contributed by atoms with Crippen LogP contribution in [0, 0.1) is 0 Å². The average Bonchev–Trinajstić information content (AvgIpc) is 1.81. The van der Waals surface area contributed by atoms with Crippen molar-refractivity contribution < 1.29 is 24.5 Å². The summed E-state index contributed by atoms with van der Waals surface area (Å²) in [7, 11) is -4.19. The molecule has 5 N–H and O–H groups in total. The second kappa shape index (κ2) is 3.58. The highest BCUT2D eigenvalue weighted by Crippen LogP contribution is 2.36. The van der Waals surface area contributed by atoms with Crippen LogP contribution in [0.3, 0.4) is 0 Å². The first-order valence-corrected chi connectivity index (χ1v) is 4.06. The molecule has 0 aromatic heterocycles. The van der Waals surface area contributed by atoms with Crippen molar-refractivity contribution in [3.63, 3.8) is 0 Å². The molecular formula is C3H8NO5P. The molecule has 0 heterocycles. The van der Waals surface area contributed by atoms with Gasteiger partial charge < -0.3 is 20.4 Å². The molecule has 0 spiro atoms. The minimum atomic E-state index is -4.19. The first-order chi connectivity index (χ1) is 4.49. The first kappa shape index (κ1) is 9.45. The molecule has 0 aromatic rings. The van der Waals surface area contributed by atoms with Crippen LogP contribution in [0.1, 0.15) is 0 Å². The zero-order valence-corrected chi connectivity index (χ0v) is 5.86. The Hall–Kier alpha value is -0.550. The summed E-state index contributed by atoms with van der Waals surface area (Å²) >= 11 is 0. The Balaban J connectivity index is 4.02. The van der Waals surface area contributed by atoms with Crippen LogP contribution in [0.25, 0.3) is 0 Å². The quantitative estimate of drug-likeness (QED) is 0.195. The van der Waals surface area contributed by atoms with E-state index < -0.39 is 13.8 Å². The molecule has 0 saturated carbocycles. The van der Waals surface area contributed by atoms with E-state index in [9.17, 15) is 4.57 Å². The Morgan fingerprint density at radius 2 is 2.20 bits per heavy atom. The maximum atomic E-state index is 10.2. The van der Waals surface area contributed by atoms with Crippen LogP contribution in [0.2, 0.25) is 0 Å². The van der Waals surface area contributed by atoms with Gasteiger partial charge in [0.1, 0.15) is 6.16 Å². The largest absolute Gasteiger partial charge is 0.402 e. The summed E-state index contributed by atoms with van der Waals surface area (Å²) in [6.07, 6.45) is 0.0824. The van der Waals surface area contributed by atoms with Crippen LogP contribution < -0.4 is 5.73 Å². The van der Waals surface area contributed by atoms with E-state index in [2.05, 4.69) is 4.89 Å². The van der Waals surface area contributed by atoms with Gasteiger partial charge in [0.15, 0.2) is 5.76 Å². The highest BCUT2D eigenvalue weighted by molar-refractivity contribution is 7.52. The lowest BCUT2D eigenvalue weighted by Crippen LogP contribution is -1.98. The van der Waals surface area contributed by atoms with Crippen LogP contribution in [0.5, 0.6) is 0 Å². The highest BCUT2D eigenvalue weighted by atomic mass is 31.2. The van der Waals surface area contributed by atoms with Gasteiger partial charge in [-0.05, 0) is 0 Å². The van der Waals surface area contributed by atoms with Gasteiger partial charge in [-0.1, -0.05) is 0 Å². The van der Waals surface area contributed by atoms with Crippen LogP contribution in [-0.4, -0.2) is 21.2 Å². The number of nitrogens with two attached hydrogens (primary N) is 1. The zero-order chi connectivity index (χ0) is 8.20. The molecule has 0 aromatic carbocycles. The van der Waals surface area contributed by atoms with Gasteiger partial charge in [-0.3, -0.25) is 4.57 Å². The summed E-state index contributed by atoms with van der Waals surface area (Å²) in [4.78, 5) is 20.1. The molecule has 0 rings (SSSR count). The van der Waals surface area contributed by atoms with Gasteiger partial charge in [-0.15, -0.1) is 0 Å². The van der Waals surface area contributed by atoms with Crippen LogP contribution >= 0.6 is 7.60 Å². The molecule has 0 unspecified atom stereocenters. The third kappa shape index (κ3) is 4.34. The first-order valence-electron chi connectivity index (χ1n) is 2.26. The number of hydrogen-bond donors (Lipinski definition) is 4. The Kier molecular flexibility index (Phi) is 3.38. The highest BCUT2D eigenvalue weighted by Gasteiger charge is 2.16. The fourth-order valence-corrected chi connectivity index (χ4v) is 0.884. The van der Waals surface area contributed by atoms with E-state index in [0.29, 0.717) is 0 Å². The predicted octanol–water partition coefficient (Wildman–Crippen LogP) is -0.546. The predicted molar refractivity (Wildman–Crippen MR) is 32.9 cm³/mol. The van der Waals surface area contributed by atoms with E-state index in [1.165, 1.54) is 0 Å². The standard InChI is InChI=1S/C3H8NO5P/c4-1-3(9-5)2-10(6,7)8/h1,5H,2,4H2,(H2,6,7,8)/b3-1-. The summed E-state index contributed by atoms with van der Waals surface area (Å²) in [5.41, 5.74) is 4.80. The summed E-state index contributed by atoms with van der Waals surface area (Å²) in [6, 6.07) is 0. The molecule has 60 valence electrons. The molecule has 0 aliphatic rings. The summed E-state index contributed by atoms with van der Waals surface area (Å²) in [6.45, 7) is 0. The van der Waals surface area contributed by atoms with Crippen molar-refractivity contribution in [3.05, 3.63) is 12.0 Å². The molecule has 0 radical (unpaired) electrons. The van der Waals surface area contributed by atoms with E-state index >= 15 is 0 Å². The maximum absolute atomic E-state index is 10.2. The van der Waals surface area contributed by atoms with Gasteiger partial charge in [0.25, 0.3) is 0 Å². The molecule has 0 aliphatic carbocycles. The van der Waals surface area contributed by atoms with Gasteiger partial charge in [-0.25, -0.2) is 5.26 Å². The normalized spacial score (nSPS) is 13.3. The fourth-order valence-electron chi connectivity index (χ4n) is 0.315. The van der Waals surface area contributed by atoms with Crippen molar-refractivity contribution in [2.45, 2.75) is 0 Å². The van der Waals surface area contributed by atoms with E-state index in [1.807, 2.05) is 0 Å². The lowest BCUT2D eigenvalue weighted by atomic mass is 10.6. The SMILES string of the molecule is N/C=C(/CP(=O)(O)O)OO. The molecule has 0 amide bonds. The second-order valence-corrected chi connectivity index (χ2v) is 3.19. The monoisotopic (exact) mass is 169 g/mol. The molecular weight excluding hydrogens is 161 g/mol. The van der Waals surface area contributed by atoms with Gasteiger partial charge >= 0.3 is 7.60 Å². The van der Waals surface area contributed by atoms with Gasteiger partial charge in [0, 0.05) is 6.20 Å². The number of hydrogen-bond acceptors (Lipinski definition) is 4. The zero-order valence-electron chi connectivity index (χ0n) is 4.97. The molecule has 0 atom stereocenters. The Morgan fingerprint density at radius 1 is 1.70 bits per heavy atom. The minimum Gasteiger partial charge on any atom is -0.402 e. The number of allylic oxidation sites excluding steroid dienone is 1. The molecule has 7 heteroatoms. The topological polar surface area (TPSA) is 113 Å². The molecule has 0 aliphatic heterocycles. The molecule has 0 bridgehead atoms. The van der Waals surface area contributed by atoms with E-state index in [-0.39, 0.29) is 5.76 Å². The summed E-state index contributed by atoms with van der Waals surface area (Å²) < 4.78 is 10.2. The Labute approximate surface area is 57.0 Å². The minimum absolute atomic E-state index is 0.353. The van der Waals surface area contributed by atoms with Crippen molar-refractivity contribution in [3.8, 4) is 0 Å². The summed E-state index contributed by atoms with van der Waals surface area (Å²) in [5.74, 6) is -0.353. The van der Waals surface area contributed by atoms with Crippen molar-refractivity contribution in [2.24, 2.45) is 5.73 Å². The molecule has 6 nitrogen and oxygen atoms in total. The fraction of sp³-hybridized carbons (Fsp3) is 0.333. The lowest BCUT2D eigenvalue weighted by molar-refractivity contribution is -0.202. The molecule has 0 saturated heterocycles. The molecule has 10 heavy (non-hydrogen) atoms. The van der Waals surface area contributed by atoms with E-state index in [1.54, 1.807) is 0 Å². The van der Waals surface area contributed by atoms with Crippen LogP contribution in [-0.2, 0) is 9.45 Å².